The molecule has 0 saturated carbocycles. The van der Waals surface area contributed by atoms with Gasteiger partial charge in [0.25, 0.3) is 0 Å². The van der Waals surface area contributed by atoms with E-state index < -0.39 is 0 Å². The monoisotopic (exact) mass is 299 g/mol. The molecule has 7 nitrogen and oxygen atoms in total. The van der Waals surface area contributed by atoms with Crippen molar-refractivity contribution in [3.63, 3.8) is 0 Å². The Kier molecular flexibility index (Phi) is 7.18. The minimum atomic E-state index is -0.275. The number of nitrogens with zero attached hydrogens (tertiary/aromatic N) is 1. The van der Waals surface area contributed by atoms with Crippen LogP contribution < -0.4 is 21.3 Å². The van der Waals surface area contributed by atoms with Crippen molar-refractivity contribution in [2.45, 2.75) is 52.6 Å². The van der Waals surface area contributed by atoms with Gasteiger partial charge in [-0.3, -0.25) is 14.6 Å². The van der Waals surface area contributed by atoms with Crippen LogP contribution in [0.3, 0.4) is 0 Å². The number of carbonyl (C=O) groups is 2. The summed E-state index contributed by atoms with van der Waals surface area (Å²) in [5.41, 5.74) is -0.551. The van der Waals surface area contributed by atoms with Crippen LogP contribution in [0.2, 0.25) is 0 Å². The Balaban J connectivity index is 4.14. The van der Waals surface area contributed by atoms with Crippen molar-refractivity contribution in [3.8, 4) is 0 Å². The molecular formula is C14H29N5O2. The fourth-order valence-corrected chi connectivity index (χ4v) is 1.47. The summed E-state index contributed by atoms with van der Waals surface area (Å²) in [7, 11) is 1.58. The number of hydrogen-bond acceptors (Lipinski definition) is 3. The zero-order chi connectivity index (χ0) is 16.7. The van der Waals surface area contributed by atoms with Crippen LogP contribution in [0.15, 0.2) is 4.99 Å². The summed E-state index contributed by atoms with van der Waals surface area (Å²) in [6, 6.07) is 0. The highest BCUT2D eigenvalue weighted by Gasteiger charge is 2.15. The first-order valence-corrected chi connectivity index (χ1v) is 6.99. The number of carbonyl (C=O) groups excluding carboxylic acids is 2. The Morgan fingerprint density at radius 1 is 0.810 bits per heavy atom. The molecule has 0 bridgehead atoms. The molecule has 0 spiro atoms. The number of amides is 2. The topological polar surface area (TPSA) is 94.6 Å². The van der Waals surface area contributed by atoms with Gasteiger partial charge in [-0.2, -0.15) is 0 Å². The molecule has 0 unspecified atom stereocenters. The Bertz CT molecular complexity index is 357. The Labute approximate surface area is 127 Å². The molecular weight excluding hydrogens is 270 g/mol. The molecule has 122 valence electrons. The van der Waals surface area contributed by atoms with Crippen LogP contribution in [0.25, 0.3) is 0 Å². The van der Waals surface area contributed by atoms with Crippen LogP contribution >= 0.6 is 0 Å². The maximum absolute atomic E-state index is 11.7. The van der Waals surface area contributed by atoms with Gasteiger partial charge in [-0.1, -0.05) is 0 Å². The molecule has 0 atom stereocenters. The molecule has 0 aliphatic rings. The summed E-state index contributed by atoms with van der Waals surface area (Å²) in [5.74, 6) is 0.136. The van der Waals surface area contributed by atoms with Crippen LogP contribution in [0.1, 0.15) is 41.5 Å². The van der Waals surface area contributed by atoms with E-state index in [1.807, 2.05) is 41.5 Å². The van der Waals surface area contributed by atoms with E-state index in [2.05, 4.69) is 26.3 Å². The van der Waals surface area contributed by atoms with E-state index in [1.54, 1.807) is 7.05 Å². The van der Waals surface area contributed by atoms with Crippen molar-refractivity contribution in [3.05, 3.63) is 0 Å². The minimum Gasteiger partial charge on any atom is -0.350 e. The highest BCUT2D eigenvalue weighted by Crippen LogP contribution is 1.97. The molecule has 0 aliphatic heterocycles. The average Bonchev–Trinajstić information content (AvgIpc) is 2.24. The Hall–Kier alpha value is -1.79. The molecule has 4 N–H and O–H groups in total. The molecule has 0 aromatic heterocycles. The number of nitrogens with one attached hydrogen (secondary N) is 4. The molecule has 0 heterocycles. The number of rotatable bonds is 4. The van der Waals surface area contributed by atoms with Crippen molar-refractivity contribution in [1.82, 2.24) is 21.3 Å². The lowest BCUT2D eigenvalue weighted by Crippen LogP contribution is -2.50. The van der Waals surface area contributed by atoms with Crippen LogP contribution in [0.4, 0.5) is 0 Å². The van der Waals surface area contributed by atoms with Gasteiger partial charge in [-0.25, -0.2) is 0 Å². The third-order valence-electron chi connectivity index (χ3n) is 2.09. The van der Waals surface area contributed by atoms with Gasteiger partial charge < -0.3 is 21.3 Å². The summed E-state index contributed by atoms with van der Waals surface area (Å²) < 4.78 is 0. The lowest BCUT2D eigenvalue weighted by molar-refractivity contribution is -0.122. The lowest BCUT2D eigenvalue weighted by atomic mass is 10.1. The van der Waals surface area contributed by atoms with Crippen molar-refractivity contribution in [1.29, 1.82) is 0 Å². The van der Waals surface area contributed by atoms with E-state index in [0.717, 1.165) is 0 Å². The van der Waals surface area contributed by atoms with E-state index in [4.69, 9.17) is 0 Å². The second-order valence-corrected chi connectivity index (χ2v) is 6.88. The second-order valence-electron chi connectivity index (χ2n) is 6.88. The first-order valence-electron chi connectivity index (χ1n) is 6.99. The van der Waals surface area contributed by atoms with E-state index in [9.17, 15) is 9.59 Å². The number of hydrogen-bond donors (Lipinski definition) is 4. The van der Waals surface area contributed by atoms with Crippen molar-refractivity contribution < 1.29 is 9.59 Å². The van der Waals surface area contributed by atoms with E-state index in [1.165, 1.54) is 0 Å². The first kappa shape index (κ1) is 19.2. The van der Waals surface area contributed by atoms with Gasteiger partial charge in [0.15, 0.2) is 5.96 Å². The predicted octanol–water partition coefficient (Wildman–Crippen LogP) is -0.0192. The maximum atomic E-state index is 11.7. The molecule has 0 radical (unpaired) electrons. The smallest absolute Gasteiger partial charge is 0.239 e. The van der Waals surface area contributed by atoms with Crippen LogP contribution in [-0.2, 0) is 9.59 Å². The fraction of sp³-hybridized carbons (Fsp3) is 0.786. The Morgan fingerprint density at radius 3 is 1.38 bits per heavy atom. The van der Waals surface area contributed by atoms with E-state index in [-0.39, 0.29) is 36.0 Å². The fourth-order valence-electron chi connectivity index (χ4n) is 1.47. The molecule has 21 heavy (non-hydrogen) atoms. The predicted molar refractivity (Wildman–Crippen MR) is 85.2 cm³/mol. The lowest BCUT2D eigenvalue weighted by Gasteiger charge is -2.22. The normalized spacial score (nSPS) is 11.4. The summed E-state index contributed by atoms with van der Waals surface area (Å²) in [6.45, 7) is 11.7. The second kappa shape index (κ2) is 7.85. The van der Waals surface area contributed by atoms with Crippen molar-refractivity contribution in [2.75, 3.05) is 20.1 Å². The number of guanidine groups is 1. The van der Waals surface area contributed by atoms with Gasteiger partial charge in [-0.05, 0) is 41.5 Å². The zero-order valence-corrected chi connectivity index (χ0v) is 14.2. The van der Waals surface area contributed by atoms with Crippen LogP contribution in [-0.4, -0.2) is 49.0 Å². The van der Waals surface area contributed by atoms with Gasteiger partial charge in [0, 0.05) is 18.1 Å². The third kappa shape index (κ3) is 11.7. The van der Waals surface area contributed by atoms with E-state index in [0.29, 0.717) is 5.96 Å². The molecule has 0 aromatic carbocycles. The summed E-state index contributed by atoms with van der Waals surface area (Å²) >= 11 is 0. The van der Waals surface area contributed by atoms with Crippen molar-refractivity contribution >= 4 is 17.8 Å². The van der Waals surface area contributed by atoms with Gasteiger partial charge in [-0.15, -0.1) is 0 Å². The molecule has 0 rings (SSSR count). The highest BCUT2D eigenvalue weighted by molar-refractivity contribution is 5.89. The Morgan fingerprint density at radius 2 is 1.14 bits per heavy atom. The summed E-state index contributed by atoms with van der Waals surface area (Å²) in [4.78, 5) is 27.3. The molecule has 0 aromatic rings. The van der Waals surface area contributed by atoms with Gasteiger partial charge >= 0.3 is 0 Å². The van der Waals surface area contributed by atoms with Gasteiger partial charge in [0.2, 0.25) is 11.8 Å². The molecule has 7 heteroatoms. The van der Waals surface area contributed by atoms with Crippen LogP contribution in [0.5, 0.6) is 0 Å². The van der Waals surface area contributed by atoms with E-state index >= 15 is 0 Å². The third-order valence-corrected chi connectivity index (χ3v) is 2.09. The minimum absolute atomic E-state index is 0.0951. The first-order chi connectivity index (χ1) is 9.43. The SMILES string of the molecule is CN=C(NCC(=O)NC(C)(C)C)NCC(=O)NC(C)(C)C. The maximum Gasteiger partial charge on any atom is 0.239 e. The quantitative estimate of drug-likeness (QED) is 0.433. The average molecular weight is 299 g/mol. The standard InChI is InChI=1S/C14H29N5O2/c1-13(2,3)18-10(20)8-16-12(15-7)17-9-11(21)19-14(4,5)6/h8-9H2,1-7H3,(H,18,20)(H,19,21)(H2,15,16,17). The largest absolute Gasteiger partial charge is 0.350 e. The van der Waals surface area contributed by atoms with Crippen LogP contribution in [0, 0.1) is 0 Å². The van der Waals surface area contributed by atoms with Crippen molar-refractivity contribution in [2.24, 2.45) is 4.99 Å². The molecule has 0 saturated heterocycles. The zero-order valence-electron chi connectivity index (χ0n) is 14.2. The number of aliphatic imine (C=N–C) groups is 1. The molecule has 2 amide bonds. The van der Waals surface area contributed by atoms with Gasteiger partial charge in [0.1, 0.15) is 0 Å². The highest BCUT2D eigenvalue weighted by atomic mass is 16.2. The summed E-state index contributed by atoms with van der Waals surface area (Å²) in [6.07, 6.45) is 0. The summed E-state index contributed by atoms with van der Waals surface area (Å²) in [5, 5.41) is 11.4. The molecule has 0 fully saturated rings. The molecule has 0 aliphatic carbocycles. The van der Waals surface area contributed by atoms with Gasteiger partial charge in [0.05, 0.1) is 13.1 Å².